The molecule has 0 amide bonds. The van der Waals surface area contributed by atoms with Gasteiger partial charge in [-0.3, -0.25) is 4.79 Å². The SMILES string of the molecule is CC(C)S(=O)(=O)CCC1(C#N)CCCC1=O. The number of nitrogens with zero attached hydrogens (tertiary/aromatic N) is 1. The van der Waals surface area contributed by atoms with E-state index < -0.39 is 20.5 Å². The summed E-state index contributed by atoms with van der Waals surface area (Å²) in [6, 6.07) is 2.02. The molecule has 1 saturated carbocycles. The molecule has 0 saturated heterocycles. The summed E-state index contributed by atoms with van der Waals surface area (Å²) in [4.78, 5) is 11.6. The van der Waals surface area contributed by atoms with Gasteiger partial charge in [-0.05, 0) is 33.1 Å². The van der Waals surface area contributed by atoms with Crippen molar-refractivity contribution >= 4 is 15.6 Å². The summed E-state index contributed by atoms with van der Waals surface area (Å²) in [7, 11) is -3.16. The molecule has 1 unspecified atom stereocenters. The third kappa shape index (κ3) is 2.43. The predicted octanol–water partition coefficient (Wildman–Crippen LogP) is 1.46. The van der Waals surface area contributed by atoms with Gasteiger partial charge in [0.1, 0.15) is 5.41 Å². The van der Waals surface area contributed by atoms with E-state index in [-0.39, 0.29) is 18.0 Å². The molecule has 0 radical (unpaired) electrons. The highest BCUT2D eigenvalue weighted by molar-refractivity contribution is 7.91. The van der Waals surface area contributed by atoms with Crippen LogP contribution in [0.5, 0.6) is 0 Å². The number of nitriles is 1. The first kappa shape index (κ1) is 13.2. The van der Waals surface area contributed by atoms with E-state index in [2.05, 4.69) is 0 Å². The molecule has 4 nitrogen and oxygen atoms in total. The quantitative estimate of drug-likeness (QED) is 0.749. The standard InChI is InChI=1S/C11H17NO3S/c1-9(2)16(14,15)7-6-11(8-12)5-3-4-10(11)13/h9H,3-7H2,1-2H3. The third-order valence-electron chi connectivity index (χ3n) is 3.29. The summed E-state index contributed by atoms with van der Waals surface area (Å²) in [6.45, 7) is 3.23. The first-order chi connectivity index (χ1) is 7.34. The van der Waals surface area contributed by atoms with Crippen molar-refractivity contribution in [2.45, 2.75) is 44.8 Å². The summed E-state index contributed by atoms with van der Waals surface area (Å²) < 4.78 is 23.3. The van der Waals surface area contributed by atoms with Crippen LogP contribution >= 0.6 is 0 Å². The topological polar surface area (TPSA) is 75.0 Å². The highest BCUT2D eigenvalue weighted by Gasteiger charge is 2.42. The molecule has 1 rings (SSSR count). The molecule has 0 aromatic carbocycles. The lowest BCUT2D eigenvalue weighted by molar-refractivity contribution is -0.123. The van der Waals surface area contributed by atoms with Crippen LogP contribution in [0.2, 0.25) is 0 Å². The fourth-order valence-electron chi connectivity index (χ4n) is 1.92. The smallest absolute Gasteiger partial charge is 0.153 e. The van der Waals surface area contributed by atoms with Gasteiger partial charge < -0.3 is 0 Å². The number of sulfone groups is 1. The van der Waals surface area contributed by atoms with Gasteiger partial charge in [0.05, 0.1) is 17.1 Å². The van der Waals surface area contributed by atoms with E-state index in [0.29, 0.717) is 19.3 Å². The number of ketones is 1. The number of Topliss-reactive ketones (excluding diaryl/α,β-unsaturated/α-hetero) is 1. The van der Waals surface area contributed by atoms with Crippen molar-refractivity contribution in [3.8, 4) is 6.07 Å². The Balaban J connectivity index is 2.75. The monoisotopic (exact) mass is 243 g/mol. The van der Waals surface area contributed by atoms with E-state index in [0.717, 1.165) is 0 Å². The number of hydrogen-bond acceptors (Lipinski definition) is 4. The molecular weight excluding hydrogens is 226 g/mol. The average Bonchev–Trinajstić information content (AvgIpc) is 2.58. The zero-order chi connectivity index (χ0) is 12.4. The largest absolute Gasteiger partial charge is 0.298 e. The zero-order valence-corrected chi connectivity index (χ0v) is 10.5. The number of carbonyl (C=O) groups is 1. The molecule has 0 heterocycles. The van der Waals surface area contributed by atoms with E-state index in [9.17, 15) is 13.2 Å². The van der Waals surface area contributed by atoms with Gasteiger partial charge in [-0.2, -0.15) is 5.26 Å². The van der Waals surface area contributed by atoms with Gasteiger partial charge in [-0.15, -0.1) is 0 Å². The summed E-state index contributed by atoms with van der Waals surface area (Å²) in [6.07, 6.45) is 1.78. The lowest BCUT2D eigenvalue weighted by Gasteiger charge is -2.18. The van der Waals surface area contributed by atoms with Crippen LogP contribution in [0.1, 0.15) is 39.5 Å². The van der Waals surface area contributed by atoms with Crippen molar-refractivity contribution in [2.75, 3.05) is 5.75 Å². The van der Waals surface area contributed by atoms with Crippen molar-refractivity contribution in [3.05, 3.63) is 0 Å². The Kier molecular flexibility index (Phi) is 3.74. The maximum atomic E-state index is 11.6. The van der Waals surface area contributed by atoms with Crippen LogP contribution in [0.4, 0.5) is 0 Å². The summed E-state index contributed by atoms with van der Waals surface area (Å²) in [5.41, 5.74) is -1.03. The lowest BCUT2D eigenvalue weighted by atomic mass is 9.84. The van der Waals surface area contributed by atoms with Gasteiger partial charge in [0.25, 0.3) is 0 Å². The number of hydrogen-bond donors (Lipinski definition) is 0. The van der Waals surface area contributed by atoms with Crippen LogP contribution in [0.15, 0.2) is 0 Å². The highest BCUT2D eigenvalue weighted by atomic mass is 32.2. The maximum absolute atomic E-state index is 11.6. The molecule has 0 bridgehead atoms. The molecule has 0 aliphatic heterocycles. The van der Waals surface area contributed by atoms with Crippen molar-refractivity contribution in [3.63, 3.8) is 0 Å². The van der Waals surface area contributed by atoms with Crippen LogP contribution < -0.4 is 0 Å². The van der Waals surface area contributed by atoms with Crippen LogP contribution in [0.3, 0.4) is 0 Å². The van der Waals surface area contributed by atoms with Gasteiger partial charge >= 0.3 is 0 Å². The van der Waals surface area contributed by atoms with Crippen molar-refractivity contribution < 1.29 is 13.2 Å². The van der Waals surface area contributed by atoms with E-state index in [1.807, 2.05) is 6.07 Å². The van der Waals surface area contributed by atoms with Crippen LogP contribution in [0.25, 0.3) is 0 Å². The second kappa shape index (κ2) is 4.54. The Hall–Kier alpha value is -0.890. The molecule has 1 fully saturated rings. The van der Waals surface area contributed by atoms with Crippen LogP contribution in [-0.2, 0) is 14.6 Å². The van der Waals surface area contributed by atoms with Gasteiger partial charge in [-0.1, -0.05) is 0 Å². The van der Waals surface area contributed by atoms with Crippen LogP contribution in [0, 0.1) is 16.7 Å². The summed E-state index contributed by atoms with van der Waals surface area (Å²) in [5, 5.41) is 8.61. The fourth-order valence-corrected chi connectivity index (χ4v) is 3.02. The second-order valence-corrected chi connectivity index (χ2v) is 7.31. The molecule has 5 heteroatoms. The second-order valence-electron chi connectivity index (χ2n) is 4.64. The average molecular weight is 243 g/mol. The molecule has 0 spiro atoms. The number of carbonyl (C=O) groups excluding carboxylic acids is 1. The first-order valence-electron chi connectivity index (χ1n) is 5.50. The Labute approximate surface area is 96.6 Å². The Morgan fingerprint density at radius 3 is 2.50 bits per heavy atom. The van der Waals surface area contributed by atoms with Gasteiger partial charge in [0.15, 0.2) is 15.6 Å². The lowest BCUT2D eigenvalue weighted by Crippen LogP contribution is -2.29. The normalized spacial score (nSPS) is 26.0. The minimum Gasteiger partial charge on any atom is -0.298 e. The van der Waals surface area contributed by atoms with Crippen molar-refractivity contribution in [1.82, 2.24) is 0 Å². The molecule has 0 N–H and O–H groups in total. The highest BCUT2D eigenvalue weighted by Crippen LogP contribution is 2.37. The number of rotatable bonds is 4. The maximum Gasteiger partial charge on any atom is 0.153 e. The summed E-state index contributed by atoms with van der Waals surface area (Å²) in [5.74, 6) is -0.154. The molecule has 1 aliphatic carbocycles. The predicted molar refractivity (Wildman–Crippen MR) is 60.4 cm³/mol. The third-order valence-corrected chi connectivity index (χ3v) is 5.50. The molecule has 1 aliphatic rings. The zero-order valence-electron chi connectivity index (χ0n) is 9.69. The van der Waals surface area contributed by atoms with E-state index in [1.54, 1.807) is 13.8 Å². The van der Waals surface area contributed by atoms with E-state index in [4.69, 9.17) is 5.26 Å². The Morgan fingerprint density at radius 2 is 2.12 bits per heavy atom. The minimum atomic E-state index is -3.16. The van der Waals surface area contributed by atoms with Gasteiger partial charge in [-0.25, -0.2) is 8.42 Å². The molecule has 0 aromatic rings. The minimum absolute atomic E-state index is 0.0655. The Morgan fingerprint density at radius 1 is 1.50 bits per heavy atom. The van der Waals surface area contributed by atoms with E-state index >= 15 is 0 Å². The molecule has 1 atom stereocenters. The van der Waals surface area contributed by atoms with Crippen molar-refractivity contribution in [2.24, 2.45) is 5.41 Å². The summed E-state index contributed by atoms with van der Waals surface area (Å²) >= 11 is 0. The fraction of sp³-hybridized carbons (Fsp3) is 0.818. The van der Waals surface area contributed by atoms with E-state index in [1.165, 1.54) is 0 Å². The van der Waals surface area contributed by atoms with Crippen molar-refractivity contribution in [1.29, 1.82) is 5.26 Å². The Bertz CT molecular complexity index is 419. The molecular formula is C11H17NO3S. The molecule has 16 heavy (non-hydrogen) atoms. The van der Waals surface area contributed by atoms with Crippen LogP contribution in [-0.4, -0.2) is 25.2 Å². The molecule has 90 valence electrons. The first-order valence-corrected chi connectivity index (χ1v) is 7.22. The molecule has 0 aromatic heterocycles. The van der Waals surface area contributed by atoms with Gasteiger partial charge in [0.2, 0.25) is 0 Å². The van der Waals surface area contributed by atoms with Gasteiger partial charge in [0, 0.05) is 6.42 Å².